The average molecular weight is 318 g/mol. The second kappa shape index (κ2) is 6.71. The number of hydrogen-bond donors (Lipinski definition) is 0. The predicted octanol–water partition coefficient (Wildman–Crippen LogP) is 2.74. The number of ether oxygens (including phenoxy) is 1. The summed E-state index contributed by atoms with van der Waals surface area (Å²) in [4.78, 5) is 28.7. The molecule has 0 fully saturated rings. The van der Waals surface area contributed by atoms with Gasteiger partial charge in [0.2, 0.25) is 0 Å². The van der Waals surface area contributed by atoms with Crippen molar-refractivity contribution < 1.29 is 14.3 Å². The zero-order chi connectivity index (χ0) is 17.2. The standard InChI is InChI=1S/C18H26N2O3/c1-6-7-15(21)13-8-9-16-14(12-13)20(11-10-19(4)5)17(22)18(2,3)23-16/h8-9,12H,6-7,10-11H2,1-5H3. The van der Waals surface area contributed by atoms with Gasteiger partial charge in [-0.1, -0.05) is 6.92 Å². The first-order valence-electron chi connectivity index (χ1n) is 8.09. The molecule has 0 unspecified atom stereocenters. The van der Waals surface area contributed by atoms with E-state index in [1.54, 1.807) is 36.9 Å². The highest BCUT2D eigenvalue weighted by Crippen LogP contribution is 2.38. The maximum absolute atomic E-state index is 12.7. The highest BCUT2D eigenvalue weighted by Gasteiger charge is 2.40. The van der Waals surface area contributed by atoms with Crippen LogP contribution in [0, 0.1) is 0 Å². The van der Waals surface area contributed by atoms with Crippen molar-refractivity contribution in [2.24, 2.45) is 0 Å². The Balaban J connectivity index is 2.40. The molecule has 0 radical (unpaired) electrons. The molecule has 1 aliphatic heterocycles. The van der Waals surface area contributed by atoms with Crippen LogP contribution in [-0.4, -0.2) is 49.4 Å². The molecule has 0 aliphatic carbocycles. The number of hydrogen-bond acceptors (Lipinski definition) is 4. The van der Waals surface area contributed by atoms with Crippen LogP contribution < -0.4 is 9.64 Å². The molecular formula is C18H26N2O3. The molecule has 5 nitrogen and oxygen atoms in total. The van der Waals surface area contributed by atoms with E-state index in [-0.39, 0.29) is 11.7 Å². The number of carbonyl (C=O) groups is 2. The van der Waals surface area contributed by atoms with Crippen LogP contribution >= 0.6 is 0 Å². The lowest BCUT2D eigenvalue weighted by Crippen LogP contribution is -2.53. The Morgan fingerprint density at radius 2 is 2.00 bits per heavy atom. The Labute approximate surface area is 138 Å². The third kappa shape index (κ3) is 3.72. The molecule has 1 aromatic carbocycles. The normalized spacial score (nSPS) is 16.3. The molecule has 0 saturated heterocycles. The van der Waals surface area contributed by atoms with Crippen molar-refractivity contribution >= 4 is 17.4 Å². The van der Waals surface area contributed by atoms with Crippen LogP contribution in [-0.2, 0) is 4.79 Å². The second-order valence-electron chi connectivity index (χ2n) is 6.73. The van der Waals surface area contributed by atoms with E-state index in [1.807, 2.05) is 25.9 Å². The topological polar surface area (TPSA) is 49.9 Å². The minimum Gasteiger partial charge on any atom is -0.476 e. The highest BCUT2D eigenvalue weighted by atomic mass is 16.5. The summed E-state index contributed by atoms with van der Waals surface area (Å²) in [6.07, 6.45) is 1.32. The Hall–Kier alpha value is -1.88. The predicted molar refractivity (Wildman–Crippen MR) is 91.3 cm³/mol. The summed E-state index contributed by atoms with van der Waals surface area (Å²) < 4.78 is 5.85. The Morgan fingerprint density at radius 1 is 1.30 bits per heavy atom. The van der Waals surface area contributed by atoms with E-state index in [4.69, 9.17) is 4.74 Å². The highest BCUT2D eigenvalue weighted by molar-refractivity contribution is 6.04. The fraction of sp³-hybridized carbons (Fsp3) is 0.556. The summed E-state index contributed by atoms with van der Waals surface area (Å²) in [6, 6.07) is 5.37. The second-order valence-corrected chi connectivity index (χ2v) is 6.73. The molecule has 0 saturated carbocycles. The first-order chi connectivity index (χ1) is 10.8. The van der Waals surface area contributed by atoms with Crippen LogP contribution in [0.1, 0.15) is 44.0 Å². The number of likely N-dealkylation sites (N-methyl/N-ethyl adjacent to an activating group) is 1. The molecule has 0 bridgehead atoms. The molecule has 0 atom stereocenters. The van der Waals surface area contributed by atoms with E-state index in [0.29, 0.717) is 30.0 Å². The van der Waals surface area contributed by atoms with Crippen LogP contribution in [0.2, 0.25) is 0 Å². The molecule has 2 rings (SSSR count). The lowest BCUT2D eigenvalue weighted by molar-refractivity contribution is -0.132. The van der Waals surface area contributed by atoms with Gasteiger partial charge in [0.15, 0.2) is 11.4 Å². The molecule has 0 aromatic heterocycles. The van der Waals surface area contributed by atoms with Gasteiger partial charge in [-0.05, 0) is 52.6 Å². The van der Waals surface area contributed by atoms with Gasteiger partial charge in [0.05, 0.1) is 5.69 Å². The largest absolute Gasteiger partial charge is 0.476 e. The number of ketones is 1. The minimum absolute atomic E-state index is 0.0769. The third-order valence-electron chi connectivity index (χ3n) is 3.94. The summed E-state index contributed by atoms with van der Waals surface area (Å²) in [5, 5.41) is 0. The summed E-state index contributed by atoms with van der Waals surface area (Å²) in [5.74, 6) is 0.675. The lowest BCUT2D eigenvalue weighted by Gasteiger charge is -2.39. The quantitative estimate of drug-likeness (QED) is 0.757. The van der Waals surface area contributed by atoms with E-state index in [9.17, 15) is 9.59 Å². The minimum atomic E-state index is -0.895. The summed E-state index contributed by atoms with van der Waals surface area (Å²) in [7, 11) is 3.94. The van der Waals surface area contributed by atoms with Gasteiger partial charge in [-0.25, -0.2) is 0 Å². The van der Waals surface area contributed by atoms with Crippen molar-refractivity contribution in [3.8, 4) is 5.75 Å². The van der Waals surface area contributed by atoms with E-state index in [1.165, 1.54) is 0 Å². The molecule has 0 N–H and O–H groups in total. The first-order valence-corrected chi connectivity index (χ1v) is 8.09. The number of Topliss-reactive ketones (excluding diaryl/α,β-unsaturated/α-hetero) is 1. The maximum atomic E-state index is 12.7. The van der Waals surface area contributed by atoms with E-state index >= 15 is 0 Å². The van der Waals surface area contributed by atoms with Gasteiger partial charge in [0.25, 0.3) is 5.91 Å². The summed E-state index contributed by atoms with van der Waals surface area (Å²) in [6.45, 7) is 6.84. The molecule has 1 heterocycles. The zero-order valence-electron chi connectivity index (χ0n) is 14.7. The molecule has 1 aromatic rings. The van der Waals surface area contributed by atoms with Crippen LogP contribution in [0.15, 0.2) is 18.2 Å². The van der Waals surface area contributed by atoms with Gasteiger partial charge in [0.1, 0.15) is 5.75 Å². The van der Waals surface area contributed by atoms with Gasteiger partial charge in [-0.3, -0.25) is 9.59 Å². The number of rotatable bonds is 6. The van der Waals surface area contributed by atoms with Crippen LogP contribution in [0.25, 0.3) is 0 Å². The van der Waals surface area contributed by atoms with Crippen LogP contribution in [0.5, 0.6) is 5.75 Å². The Bertz CT molecular complexity index is 608. The zero-order valence-corrected chi connectivity index (χ0v) is 14.7. The van der Waals surface area contributed by atoms with E-state index in [2.05, 4.69) is 0 Å². The van der Waals surface area contributed by atoms with Crippen molar-refractivity contribution in [1.29, 1.82) is 0 Å². The van der Waals surface area contributed by atoms with Gasteiger partial charge < -0.3 is 14.5 Å². The van der Waals surface area contributed by atoms with Gasteiger partial charge in [-0.15, -0.1) is 0 Å². The van der Waals surface area contributed by atoms with Crippen molar-refractivity contribution in [1.82, 2.24) is 4.90 Å². The van der Waals surface area contributed by atoms with Crippen molar-refractivity contribution in [2.75, 3.05) is 32.1 Å². The number of benzene rings is 1. The third-order valence-corrected chi connectivity index (χ3v) is 3.94. The number of amides is 1. The molecule has 23 heavy (non-hydrogen) atoms. The molecule has 1 amide bonds. The number of fused-ring (bicyclic) bond motifs is 1. The number of carbonyl (C=O) groups excluding carboxylic acids is 2. The fourth-order valence-electron chi connectivity index (χ4n) is 2.63. The number of nitrogens with zero attached hydrogens (tertiary/aromatic N) is 2. The molecule has 1 aliphatic rings. The SMILES string of the molecule is CCCC(=O)c1ccc2c(c1)N(CCN(C)C)C(=O)C(C)(C)O2. The number of anilines is 1. The van der Waals surface area contributed by atoms with Crippen LogP contribution in [0.3, 0.4) is 0 Å². The Morgan fingerprint density at radius 3 is 2.61 bits per heavy atom. The smallest absolute Gasteiger partial charge is 0.270 e. The first kappa shape index (κ1) is 17.5. The fourth-order valence-corrected chi connectivity index (χ4v) is 2.63. The molecular weight excluding hydrogens is 292 g/mol. The van der Waals surface area contributed by atoms with E-state index < -0.39 is 5.60 Å². The maximum Gasteiger partial charge on any atom is 0.270 e. The van der Waals surface area contributed by atoms with Gasteiger partial charge in [0, 0.05) is 25.1 Å². The molecule has 126 valence electrons. The van der Waals surface area contributed by atoms with Crippen molar-refractivity contribution in [2.45, 2.75) is 39.2 Å². The lowest BCUT2D eigenvalue weighted by atomic mass is 10.0. The van der Waals surface area contributed by atoms with E-state index in [0.717, 1.165) is 13.0 Å². The summed E-state index contributed by atoms with van der Waals surface area (Å²) in [5.41, 5.74) is 0.434. The van der Waals surface area contributed by atoms with Gasteiger partial charge >= 0.3 is 0 Å². The van der Waals surface area contributed by atoms with Crippen molar-refractivity contribution in [3.63, 3.8) is 0 Å². The molecule has 0 spiro atoms. The monoisotopic (exact) mass is 318 g/mol. The van der Waals surface area contributed by atoms with Crippen LogP contribution in [0.4, 0.5) is 5.69 Å². The summed E-state index contributed by atoms with van der Waals surface area (Å²) >= 11 is 0. The van der Waals surface area contributed by atoms with Gasteiger partial charge in [-0.2, -0.15) is 0 Å². The molecule has 5 heteroatoms. The van der Waals surface area contributed by atoms with Crippen molar-refractivity contribution in [3.05, 3.63) is 23.8 Å². The Kier molecular flexibility index (Phi) is 5.09. The average Bonchev–Trinajstić information content (AvgIpc) is 2.47.